The van der Waals surface area contributed by atoms with Crippen LogP contribution in [0.1, 0.15) is 36.7 Å². The minimum absolute atomic E-state index is 0.528. The van der Waals surface area contributed by atoms with E-state index in [1.165, 1.54) is 5.56 Å². The summed E-state index contributed by atoms with van der Waals surface area (Å²) in [6, 6.07) is 8.36. The third-order valence-electron chi connectivity index (χ3n) is 3.23. The maximum absolute atomic E-state index is 5.47. The van der Waals surface area contributed by atoms with Gasteiger partial charge in [0, 0.05) is 11.3 Å². The third-order valence-corrected chi connectivity index (χ3v) is 3.23. The average Bonchev–Trinajstić information content (AvgIpc) is 2.43. The number of hydrogen-bond acceptors (Lipinski definition) is 5. The number of aromatic nitrogens is 2. The first-order chi connectivity index (χ1) is 9.51. The summed E-state index contributed by atoms with van der Waals surface area (Å²) in [5, 5.41) is 3.31. The molecule has 20 heavy (non-hydrogen) atoms. The Morgan fingerprint density at radius 3 is 2.15 bits per heavy atom. The van der Waals surface area contributed by atoms with Crippen LogP contribution in [0.3, 0.4) is 0 Å². The Labute approximate surface area is 119 Å². The van der Waals surface area contributed by atoms with Gasteiger partial charge in [0.05, 0.1) is 0 Å². The van der Waals surface area contributed by atoms with E-state index >= 15 is 0 Å². The van der Waals surface area contributed by atoms with Gasteiger partial charge < -0.3 is 10.7 Å². The lowest BCUT2D eigenvalue weighted by atomic mass is 10.0. The Bertz CT molecular complexity index is 590. The molecule has 2 rings (SSSR count). The van der Waals surface area contributed by atoms with Gasteiger partial charge in [0.1, 0.15) is 17.5 Å². The van der Waals surface area contributed by atoms with Crippen LogP contribution in [0.25, 0.3) is 0 Å². The minimum Gasteiger partial charge on any atom is -0.340 e. The topological polar surface area (TPSA) is 75.9 Å². The van der Waals surface area contributed by atoms with Gasteiger partial charge in [-0.15, -0.1) is 0 Å². The minimum atomic E-state index is 0.528. The first-order valence-corrected chi connectivity index (χ1v) is 6.70. The average molecular weight is 271 g/mol. The quantitative estimate of drug-likeness (QED) is 0.588. The summed E-state index contributed by atoms with van der Waals surface area (Å²) in [4.78, 5) is 8.66. The Morgan fingerprint density at radius 1 is 1.00 bits per heavy atom. The molecule has 0 amide bonds. The molecule has 0 atom stereocenters. The van der Waals surface area contributed by atoms with Crippen LogP contribution in [-0.4, -0.2) is 9.97 Å². The fraction of sp³-hybridized carbons (Fsp3) is 0.333. The summed E-state index contributed by atoms with van der Waals surface area (Å²) in [6.45, 7) is 8.13. The molecule has 5 nitrogen and oxygen atoms in total. The van der Waals surface area contributed by atoms with Crippen molar-refractivity contribution in [2.24, 2.45) is 5.84 Å². The normalized spacial score (nSPS) is 10.7. The second kappa shape index (κ2) is 5.88. The summed E-state index contributed by atoms with van der Waals surface area (Å²) in [6.07, 6.45) is 0. The fourth-order valence-electron chi connectivity index (χ4n) is 1.98. The number of hydrogen-bond donors (Lipinski definition) is 3. The van der Waals surface area contributed by atoms with E-state index in [9.17, 15) is 0 Å². The summed E-state index contributed by atoms with van der Waals surface area (Å²) in [7, 11) is 0. The van der Waals surface area contributed by atoms with E-state index in [0.717, 1.165) is 17.1 Å². The number of anilines is 3. The van der Waals surface area contributed by atoms with Gasteiger partial charge in [-0.1, -0.05) is 26.0 Å². The molecule has 0 saturated heterocycles. The lowest BCUT2D eigenvalue weighted by molar-refractivity contribution is 0.867. The second-order valence-corrected chi connectivity index (χ2v) is 5.14. The maximum atomic E-state index is 5.47. The number of aryl methyl sites for hydroxylation is 1. The highest BCUT2D eigenvalue weighted by molar-refractivity contribution is 5.64. The standard InChI is InChI=1S/C15H21N5/c1-9(2)12-5-7-13(8-6-12)19-14-10(3)15(20-16)18-11(4)17-14/h5-9H,16H2,1-4H3,(H2,17,18,19,20). The van der Waals surface area contributed by atoms with Gasteiger partial charge in [0.25, 0.3) is 0 Å². The van der Waals surface area contributed by atoms with E-state index in [0.29, 0.717) is 17.6 Å². The lowest BCUT2D eigenvalue weighted by Crippen LogP contribution is -2.13. The van der Waals surface area contributed by atoms with Gasteiger partial charge in [-0.25, -0.2) is 15.8 Å². The van der Waals surface area contributed by atoms with Crippen LogP contribution in [0.5, 0.6) is 0 Å². The molecule has 0 radical (unpaired) electrons. The molecule has 0 bridgehead atoms. The molecular formula is C15H21N5. The van der Waals surface area contributed by atoms with Gasteiger partial charge in [-0.3, -0.25) is 0 Å². The highest BCUT2D eigenvalue weighted by atomic mass is 15.3. The van der Waals surface area contributed by atoms with Crippen molar-refractivity contribution in [3.8, 4) is 0 Å². The number of rotatable bonds is 4. The number of nitrogens with two attached hydrogens (primary N) is 1. The number of nitrogens with one attached hydrogen (secondary N) is 2. The molecule has 4 N–H and O–H groups in total. The van der Waals surface area contributed by atoms with Crippen molar-refractivity contribution in [2.75, 3.05) is 10.7 Å². The van der Waals surface area contributed by atoms with Crippen LogP contribution in [0.15, 0.2) is 24.3 Å². The third kappa shape index (κ3) is 3.05. The molecule has 0 aliphatic carbocycles. The molecule has 0 aliphatic rings. The maximum Gasteiger partial charge on any atom is 0.148 e. The van der Waals surface area contributed by atoms with Crippen LogP contribution < -0.4 is 16.6 Å². The number of hydrazine groups is 1. The Balaban J connectivity index is 2.27. The van der Waals surface area contributed by atoms with Crippen LogP contribution in [0, 0.1) is 13.8 Å². The van der Waals surface area contributed by atoms with Crippen molar-refractivity contribution in [2.45, 2.75) is 33.6 Å². The van der Waals surface area contributed by atoms with Crippen molar-refractivity contribution >= 4 is 17.3 Å². The number of nitrogen functional groups attached to an aromatic ring is 1. The van der Waals surface area contributed by atoms with Gasteiger partial charge in [-0.05, 0) is 37.5 Å². The molecule has 5 heteroatoms. The SMILES string of the molecule is Cc1nc(NN)c(C)c(Nc2ccc(C(C)C)cc2)n1. The van der Waals surface area contributed by atoms with E-state index in [4.69, 9.17) is 5.84 Å². The van der Waals surface area contributed by atoms with Crippen molar-refractivity contribution in [1.29, 1.82) is 0 Å². The monoisotopic (exact) mass is 271 g/mol. The summed E-state index contributed by atoms with van der Waals surface area (Å²) >= 11 is 0. The summed E-state index contributed by atoms with van der Waals surface area (Å²) in [5.74, 6) is 8.07. The van der Waals surface area contributed by atoms with Crippen LogP contribution in [-0.2, 0) is 0 Å². The highest BCUT2D eigenvalue weighted by Crippen LogP contribution is 2.24. The molecule has 1 aromatic heterocycles. The van der Waals surface area contributed by atoms with E-state index in [2.05, 4.69) is 58.8 Å². The molecule has 0 spiro atoms. The molecule has 0 saturated carbocycles. The first-order valence-electron chi connectivity index (χ1n) is 6.70. The molecular weight excluding hydrogens is 250 g/mol. The zero-order valence-electron chi connectivity index (χ0n) is 12.4. The molecule has 1 heterocycles. The number of benzene rings is 1. The molecule has 106 valence electrons. The Morgan fingerprint density at radius 2 is 1.60 bits per heavy atom. The molecule has 1 aromatic carbocycles. The van der Waals surface area contributed by atoms with E-state index in [1.807, 2.05) is 13.8 Å². The number of nitrogens with zero attached hydrogens (tertiary/aromatic N) is 2. The van der Waals surface area contributed by atoms with Crippen molar-refractivity contribution in [1.82, 2.24) is 9.97 Å². The summed E-state index contributed by atoms with van der Waals surface area (Å²) < 4.78 is 0. The summed E-state index contributed by atoms with van der Waals surface area (Å²) in [5.41, 5.74) is 5.80. The second-order valence-electron chi connectivity index (χ2n) is 5.14. The zero-order valence-corrected chi connectivity index (χ0v) is 12.4. The van der Waals surface area contributed by atoms with Gasteiger partial charge in [-0.2, -0.15) is 0 Å². The van der Waals surface area contributed by atoms with Crippen molar-refractivity contribution in [3.63, 3.8) is 0 Å². The van der Waals surface area contributed by atoms with Crippen molar-refractivity contribution < 1.29 is 0 Å². The van der Waals surface area contributed by atoms with Gasteiger partial charge in [0.2, 0.25) is 0 Å². The highest BCUT2D eigenvalue weighted by Gasteiger charge is 2.08. The fourth-order valence-corrected chi connectivity index (χ4v) is 1.98. The molecule has 0 unspecified atom stereocenters. The van der Waals surface area contributed by atoms with E-state index in [1.54, 1.807) is 0 Å². The van der Waals surface area contributed by atoms with Crippen molar-refractivity contribution in [3.05, 3.63) is 41.2 Å². The predicted molar refractivity (Wildman–Crippen MR) is 83.1 cm³/mol. The van der Waals surface area contributed by atoms with E-state index < -0.39 is 0 Å². The van der Waals surface area contributed by atoms with Crippen LogP contribution >= 0.6 is 0 Å². The van der Waals surface area contributed by atoms with Gasteiger partial charge in [0.15, 0.2) is 0 Å². The first kappa shape index (κ1) is 14.3. The van der Waals surface area contributed by atoms with Crippen LogP contribution in [0.4, 0.5) is 17.3 Å². The Kier molecular flexibility index (Phi) is 4.20. The predicted octanol–water partition coefficient (Wildman–Crippen LogP) is 3.25. The largest absolute Gasteiger partial charge is 0.340 e. The van der Waals surface area contributed by atoms with Gasteiger partial charge >= 0.3 is 0 Å². The smallest absolute Gasteiger partial charge is 0.148 e. The molecule has 2 aromatic rings. The lowest BCUT2D eigenvalue weighted by Gasteiger charge is -2.13. The Hall–Kier alpha value is -2.14. The molecule has 0 fully saturated rings. The molecule has 0 aliphatic heterocycles. The zero-order chi connectivity index (χ0) is 14.7. The van der Waals surface area contributed by atoms with Crippen LogP contribution in [0.2, 0.25) is 0 Å². The van der Waals surface area contributed by atoms with E-state index in [-0.39, 0.29) is 0 Å².